The lowest BCUT2D eigenvalue weighted by atomic mass is 10.00. The van der Waals surface area contributed by atoms with Crippen molar-refractivity contribution in [2.24, 2.45) is 0 Å². The fourth-order valence-electron chi connectivity index (χ4n) is 8.17. The molecule has 298 valence electrons. The number of hydrogen-bond donors (Lipinski definition) is 0. The highest BCUT2D eigenvalue weighted by Crippen LogP contribution is 2.38. The lowest BCUT2D eigenvalue weighted by Crippen LogP contribution is -2.66. The van der Waals surface area contributed by atoms with E-state index in [1.165, 1.54) is 63.3 Å². The van der Waals surface area contributed by atoms with E-state index in [1.54, 1.807) is 20.9 Å². The Morgan fingerprint density at radius 2 is 1.58 bits per heavy atom. The summed E-state index contributed by atoms with van der Waals surface area (Å²) in [5.41, 5.74) is -1.78. The van der Waals surface area contributed by atoms with Crippen LogP contribution < -0.4 is 26.4 Å². The predicted molar refractivity (Wildman–Crippen MR) is 221 cm³/mol. The van der Waals surface area contributed by atoms with Crippen molar-refractivity contribution in [3.63, 3.8) is 0 Å². The number of methoxy groups -OCH3 is 1. The molecule has 6 aromatic rings. The minimum atomic E-state index is -2.93. The minimum Gasteiger partial charge on any atom is -0.496 e. The molecule has 1 fully saturated rings. The third kappa shape index (κ3) is 6.96. The molecule has 2 atom stereocenters. The highest BCUT2D eigenvalue weighted by molar-refractivity contribution is 7.21. The number of benzene rings is 3. The van der Waals surface area contributed by atoms with Crippen LogP contribution in [-0.4, -0.2) is 77.2 Å². The molecule has 7 rings (SSSR count). The predicted octanol–water partition coefficient (Wildman–Crippen LogP) is 5.17. The fraction of sp³-hybridized carbons (Fsp3) is 0.357. The van der Waals surface area contributed by atoms with Crippen LogP contribution in [0.4, 0.5) is 4.39 Å². The number of likely N-dealkylation sites (N-methyl/N-ethyl adjacent to an activating group) is 1. The lowest BCUT2D eigenvalue weighted by Gasteiger charge is -2.43. The number of carbonyl (C=O) groups is 1. The van der Waals surface area contributed by atoms with Gasteiger partial charge < -0.3 is 18.8 Å². The summed E-state index contributed by atoms with van der Waals surface area (Å²) in [5.74, 6) is -0.499. The van der Waals surface area contributed by atoms with Crippen LogP contribution in [0.5, 0.6) is 5.75 Å². The van der Waals surface area contributed by atoms with Crippen molar-refractivity contribution in [2.75, 3.05) is 33.9 Å². The number of fused-ring (bicyclic) bond motifs is 1. The van der Waals surface area contributed by atoms with E-state index in [-0.39, 0.29) is 42.5 Å². The van der Waals surface area contributed by atoms with E-state index in [0.717, 1.165) is 14.9 Å². The summed E-state index contributed by atoms with van der Waals surface area (Å²) in [6, 6.07) is 24.7. The number of likely N-dealkylation sites (tertiary alicyclic amines) is 1. The standard InChI is InChI=1S/C42H47FN6O6SSi/c1-28-35-36(50)48(42(5)20-23-46(6)39(42)51)40(52)47(38(35)56-37(28)49-44-21-22-45-49)27-34(32-26-29(43)18-19-33(32)53-7)54-24-25-55-57(41(2,3)4,30-14-10-8-11-15-30)31-16-12-9-13-17-31/h8-19,21-22,26,34H,20,23-25,27H2,1-7H3/t34-,42-/m0/s1. The molecule has 57 heavy (non-hydrogen) atoms. The zero-order valence-corrected chi connectivity index (χ0v) is 35.0. The van der Waals surface area contributed by atoms with Crippen molar-refractivity contribution < 1.29 is 23.1 Å². The second-order valence-corrected chi connectivity index (χ2v) is 20.9. The maximum atomic E-state index is 15.1. The number of rotatable bonds is 13. The molecule has 0 N–H and O–H groups in total. The summed E-state index contributed by atoms with van der Waals surface area (Å²) in [6.45, 7) is 10.4. The largest absolute Gasteiger partial charge is 0.496 e. The van der Waals surface area contributed by atoms with Crippen molar-refractivity contribution in [3.05, 3.63) is 129 Å². The van der Waals surface area contributed by atoms with E-state index in [4.69, 9.17) is 13.9 Å². The summed E-state index contributed by atoms with van der Waals surface area (Å²) in [5, 5.41) is 11.3. The molecule has 0 spiro atoms. The van der Waals surface area contributed by atoms with Gasteiger partial charge in [0.25, 0.3) is 13.9 Å². The Labute approximate surface area is 335 Å². The summed E-state index contributed by atoms with van der Waals surface area (Å²) in [4.78, 5) is 46.3. The number of carbonyl (C=O) groups excluding carboxylic acids is 1. The van der Waals surface area contributed by atoms with Crippen LogP contribution in [0.25, 0.3) is 15.2 Å². The van der Waals surface area contributed by atoms with Gasteiger partial charge in [-0.05, 0) is 53.9 Å². The number of ether oxygens (including phenoxy) is 2. The number of nitrogens with zero attached hydrogens (tertiary/aromatic N) is 6. The molecular formula is C42H47FN6O6SSi. The normalized spacial score (nSPS) is 16.8. The molecule has 12 nitrogen and oxygen atoms in total. The van der Waals surface area contributed by atoms with E-state index in [1.807, 2.05) is 36.4 Å². The molecule has 1 saturated heterocycles. The molecule has 15 heteroatoms. The molecular weight excluding hydrogens is 764 g/mol. The van der Waals surface area contributed by atoms with E-state index < -0.39 is 37.0 Å². The molecule has 0 saturated carbocycles. The first kappa shape index (κ1) is 40.0. The van der Waals surface area contributed by atoms with Crippen molar-refractivity contribution in [3.8, 4) is 10.8 Å². The van der Waals surface area contributed by atoms with Crippen LogP contribution >= 0.6 is 11.3 Å². The number of aromatic nitrogens is 5. The van der Waals surface area contributed by atoms with E-state index in [9.17, 15) is 14.4 Å². The molecule has 0 aliphatic carbocycles. The van der Waals surface area contributed by atoms with Gasteiger partial charge in [-0.25, -0.2) is 13.8 Å². The van der Waals surface area contributed by atoms with Crippen molar-refractivity contribution in [1.29, 1.82) is 0 Å². The van der Waals surface area contributed by atoms with Crippen LogP contribution in [-0.2, 0) is 26.0 Å². The van der Waals surface area contributed by atoms with Crippen LogP contribution in [0.2, 0.25) is 5.04 Å². The summed E-state index contributed by atoms with van der Waals surface area (Å²) in [7, 11) is 0.208. The molecule has 0 unspecified atom stereocenters. The summed E-state index contributed by atoms with van der Waals surface area (Å²) in [6.07, 6.45) is 2.35. The Morgan fingerprint density at radius 3 is 2.14 bits per heavy atom. The van der Waals surface area contributed by atoms with Gasteiger partial charge in [-0.3, -0.25) is 14.2 Å². The van der Waals surface area contributed by atoms with E-state index >= 15 is 4.39 Å². The number of halogens is 1. The quantitative estimate of drug-likeness (QED) is 0.116. The zero-order valence-electron chi connectivity index (χ0n) is 33.2. The zero-order chi connectivity index (χ0) is 40.7. The van der Waals surface area contributed by atoms with Gasteiger partial charge in [-0.15, -0.1) is 4.80 Å². The first-order valence-electron chi connectivity index (χ1n) is 18.8. The first-order chi connectivity index (χ1) is 27.2. The van der Waals surface area contributed by atoms with E-state index in [0.29, 0.717) is 33.3 Å². The Morgan fingerprint density at radius 1 is 0.947 bits per heavy atom. The van der Waals surface area contributed by atoms with Gasteiger partial charge in [0.05, 0.1) is 44.6 Å². The molecule has 3 aromatic heterocycles. The van der Waals surface area contributed by atoms with Gasteiger partial charge >= 0.3 is 5.69 Å². The van der Waals surface area contributed by atoms with Gasteiger partial charge in [0, 0.05) is 24.7 Å². The van der Waals surface area contributed by atoms with Gasteiger partial charge in [0.1, 0.15) is 33.0 Å². The molecule has 1 aliphatic heterocycles. The van der Waals surface area contributed by atoms with Gasteiger partial charge in [0.2, 0.25) is 5.91 Å². The van der Waals surface area contributed by atoms with Gasteiger partial charge in [-0.1, -0.05) is 92.8 Å². The van der Waals surface area contributed by atoms with Crippen LogP contribution in [0.15, 0.2) is 101 Å². The van der Waals surface area contributed by atoms with Gasteiger partial charge in [-0.2, -0.15) is 10.2 Å². The third-order valence-corrected chi connectivity index (χ3v) is 17.4. The van der Waals surface area contributed by atoms with Crippen molar-refractivity contribution >= 4 is 46.2 Å². The molecule has 4 heterocycles. The van der Waals surface area contributed by atoms with E-state index in [2.05, 4.69) is 55.2 Å². The molecule has 3 aromatic carbocycles. The maximum absolute atomic E-state index is 15.1. The molecule has 0 radical (unpaired) electrons. The van der Waals surface area contributed by atoms with Crippen LogP contribution in [0.3, 0.4) is 0 Å². The smallest absolute Gasteiger partial charge is 0.333 e. The van der Waals surface area contributed by atoms with Crippen LogP contribution in [0, 0.1) is 12.7 Å². The molecule has 1 aliphatic rings. The Hall–Kier alpha value is -5.22. The third-order valence-electron chi connectivity index (χ3n) is 11.0. The topological polar surface area (TPSA) is 123 Å². The monoisotopic (exact) mass is 810 g/mol. The number of amides is 1. The maximum Gasteiger partial charge on any atom is 0.333 e. The average molecular weight is 811 g/mol. The fourth-order valence-corrected chi connectivity index (χ4v) is 13.9. The lowest BCUT2D eigenvalue weighted by molar-refractivity contribution is -0.133. The Kier molecular flexibility index (Phi) is 11.0. The SMILES string of the molecule is COc1ccc(F)cc1[C@H](Cn1c(=O)n([C@@]2(C)CCN(C)C2=O)c(=O)c2c(C)c(-n3nccn3)sc21)OCCO[Si](c1ccccc1)(c1ccccc1)C(C)(C)C. The highest BCUT2D eigenvalue weighted by atomic mass is 32.1. The number of hydrogen-bond acceptors (Lipinski definition) is 9. The molecule has 0 bridgehead atoms. The Bertz CT molecular complexity index is 2480. The minimum absolute atomic E-state index is 0.0687. The average Bonchev–Trinajstić information content (AvgIpc) is 3.92. The van der Waals surface area contributed by atoms with Crippen molar-refractivity contribution in [2.45, 2.75) is 64.3 Å². The summed E-state index contributed by atoms with van der Waals surface area (Å²) >= 11 is 1.18. The second-order valence-electron chi connectivity index (χ2n) is 15.6. The van der Waals surface area contributed by atoms with Crippen LogP contribution in [0.1, 0.15) is 51.3 Å². The number of thiophene rings is 1. The van der Waals surface area contributed by atoms with Gasteiger partial charge in [0.15, 0.2) is 0 Å². The Balaban J connectivity index is 1.34. The summed E-state index contributed by atoms with van der Waals surface area (Å²) < 4.78 is 37.2. The first-order valence-corrected chi connectivity index (χ1v) is 21.6. The number of aryl methyl sites for hydroxylation is 1. The highest BCUT2D eigenvalue weighted by Gasteiger charge is 2.50. The second kappa shape index (κ2) is 15.6. The molecule has 1 amide bonds. The van der Waals surface area contributed by atoms with Crippen molar-refractivity contribution in [1.82, 2.24) is 29.0 Å².